The molecule has 0 radical (unpaired) electrons. The maximum atomic E-state index is 12.0. The highest BCUT2D eigenvalue weighted by Crippen LogP contribution is 2.18. The predicted octanol–water partition coefficient (Wildman–Crippen LogP) is 1.36. The molecule has 1 amide bonds. The molecule has 0 saturated carbocycles. The number of rotatable bonds is 5. The number of nitrogens with zero attached hydrogens (tertiary/aromatic N) is 1. The van der Waals surface area contributed by atoms with Gasteiger partial charge in [0.2, 0.25) is 5.91 Å². The van der Waals surface area contributed by atoms with Crippen LogP contribution in [-0.4, -0.2) is 43.0 Å². The van der Waals surface area contributed by atoms with Crippen molar-refractivity contribution < 1.29 is 9.21 Å². The molecule has 2 aliphatic rings. The molecule has 0 aromatic carbocycles. The summed E-state index contributed by atoms with van der Waals surface area (Å²) in [6.07, 6.45) is 8.05. The molecular weight excluding hydrogens is 266 g/mol. The second kappa shape index (κ2) is 7.09. The normalized spacial score (nSPS) is 26.9. The largest absolute Gasteiger partial charge is 0.472 e. The minimum Gasteiger partial charge on any atom is -0.472 e. The van der Waals surface area contributed by atoms with E-state index < -0.39 is 0 Å². The molecule has 3 rings (SSSR count). The van der Waals surface area contributed by atoms with Gasteiger partial charge in [-0.2, -0.15) is 0 Å². The van der Waals surface area contributed by atoms with Gasteiger partial charge >= 0.3 is 0 Å². The van der Waals surface area contributed by atoms with Crippen molar-refractivity contribution in [2.45, 2.75) is 38.3 Å². The molecule has 0 bridgehead atoms. The average molecular weight is 291 g/mol. The van der Waals surface area contributed by atoms with E-state index in [0.717, 1.165) is 45.6 Å². The first-order valence-corrected chi connectivity index (χ1v) is 8.06. The zero-order valence-corrected chi connectivity index (χ0v) is 12.5. The van der Waals surface area contributed by atoms with Crippen LogP contribution in [0.25, 0.3) is 0 Å². The maximum absolute atomic E-state index is 12.0. The summed E-state index contributed by atoms with van der Waals surface area (Å²) < 4.78 is 5.13. The Morgan fingerprint density at radius 3 is 3.14 bits per heavy atom. The van der Waals surface area contributed by atoms with Crippen LogP contribution in [0.1, 0.15) is 31.2 Å². The maximum Gasteiger partial charge on any atom is 0.237 e. The lowest BCUT2D eigenvalue weighted by Gasteiger charge is -2.32. The Balaban J connectivity index is 1.42. The van der Waals surface area contributed by atoms with E-state index in [0.29, 0.717) is 5.92 Å². The van der Waals surface area contributed by atoms with Gasteiger partial charge in [0.25, 0.3) is 0 Å². The predicted molar refractivity (Wildman–Crippen MR) is 80.7 cm³/mol. The van der Waals surface area contributed by atoms with Crippen LogP contribution in [0.15, 0.2) is 23.0 Å². The number of hydrogen-bond donors (Lipinski definition) is 2. The van der Waals surface area contributed by atoms with Crippen molar-refractivity contribution in [2.24, 2.45) is 5.92 Å². The monoisotopic (exact) mass is 291 g/mol. The highest BCUT2D eigenvalue weighted by atomic mass is 16.3. The fraction of sp³-hybridized carbons (Fsp3) is 0.688. The van der Waals surface area contributed by atoms with Gasteiger partial charge in [0.05, 0.1) is 18.6 Å². The smallest absolute Gasteiger partial charge is 0.237 e. The molecule has 2 atom stereocenters. The average Bonchev–Trinajstić information content (AvgIpc) is 3.18. The summed E-state index contributed by atoms with van der Waals surface area (Å²) in [5, 5.41) is 6.38. The molecular formula is C16H25N3O2. The van der Waals surface area contributed by atoms with Crippen molar-refractivity contribution >= 4 is 5.91 Å². The molecule has 2 N–H and O–H groups in total. The lowest BCUT2D eigenvalue weighted by Crippen LogP contribution is -2.45. The Bertz CT molecular complexity index is 440. The second-order valence-corrected chi connectivity index (χ2v) is 6.27. The SMILES string of the molecule is O=C(NCC1CCCN(Cc2ccoc2)C1)C1CCCN1. The summed E-state index contributed by atoms with van der Waals surface area (Å²) in [6, 6.07) is 2.06. The van der Waals surface area contributed by atoms with Crippen molar-refractivity contribution in [1.82, 2.24) is 15.5 Å². The third-order valence-corrected chi connectivity index (χ3v) is 4.53. The summed E-state index contributed by atoms with van der Waals surface area (Å²) in [4.78, 5) is 14.5. The van der Waals surface area contributed by atoms with Crippen molar-refractivity contribution in [3.8, 4) is 0 Å². The number of nitrogens with one attached hydrogen (secondary N) is 2. The third kappa shape index (κ3) is 4.08. The Kier molecular flexibility index (Phi) is 4.93. The Morgan fingerprint density at radius 2 is 2.38 bits per heavy atom. The first kappa shape index (κ1) is 14.6. The highest BCUT2D eigenvalue weighted by Gasteiger charge is 2.24. The van der Waals surface area contributed by atoms with Crippen LogP contribution in [-0.2, 0) is 11.3 Å². The van der Waals surface area contributed by atoms with Crippen LogP contribution in [0, 0.1) is 5.92 Å². The van der Waals surface area contributed by atoms with Gasteiger partial charge in [-0.05, 0) is 50.8 Å². The van der Waals surface area contributed by atoms with Crippen molar-refractivity contribution in [3.05, 3.63) is 24.2 Å². The molecule has 2 fully saturated rings. The lowest BCUT2D eigenvalue weighted by molar-refractivity contribution is -0.123. The molecule has 0 spiro atoms. The highest BCUT2D eigenvalue weighted by molar-refractivity contribution is 5.81. The summed E-state index contributed by atoms with van der Waals surface area (Å²) in [5.41, 5.74) is 1.23. The van der Waals surface area contributed by atoms with Crippen molar-refractivity contribution in [2.75, 3.05) is 26.2 Å². The summed E-state index contributed by atoms with van der Waals surface area (Å²) in [5.74, 6) is 0.746. The third-order valence-electron chi connectivity index (χ3n) is 4.53. The quantitative estimate of drug-likeness (QED) is 0.860. The van der Waals surface area contributed by atoms with Gasteiger partial charge in [0.1, 0.15) is 0 Å². The van der Waals surface area contributed by atoms with E-state index in [4.69, 9.17) is 4.42 Å². The standard InChI is InChI=1S/C16H25N3O2/c20-16(15-4-1-6-17-15)18-9-13-3-2-7-19(10-13)11-14-5-8-21-12-14/h5,8,12-13,15,17H,1-4,6-7,9-11H2,(H,18,20). The van der Waals surface area contributed by atoms with E-state index in [2.05, 4.69) is 15.5 Å². The number of carbonyl (C=O) groups is 1. The second-order valence-electron chi connectivity index (χ2n) is 6.27. The van der Waals surface area contributed by atoms with Crippen LogP contribution in [0.4, 0.5) is 0 Å². The first-order valence-electron chi connectivity index (χ1n) is 8.06. The fourth-order valence-electron chi connectivity index (χ4n) is 3.38. The van der Waals surface area contributed by atoms with Crippen LogP contribution < -0.4 is 10.6 Å². The van der Waals surface area contributed by atoms with E-state index in [1.54, 1.807) is 6.26 Å². The van der Waals surface area contributed by atoms with Crippen molar-refractivity contribution in [1.29, 1.82) is 0 Å². The first-order chi connectivity index (χ1) is 10.3. The zero-order chi connectivity index (χ0) is 14.5. The van der Waals surface area contributed by atoms with Gasteiger partial charge in [-0.3, -0.25) is 9.69 Å². The number of furan rings is 1. The summed E-state index contributed by atoms with van der Waals surface area (Å²) >= 11 is 0. The lowest BCUT2D eigenvalue weighted by atomic mass is 9.97. The fourth-order valence-corrected chi connectivity index (χ4v) is 3.38. The molecule has 2 saturated heterocycles. The number of likely N-dealkylation sites (tertiary alicyclic amines) is 1. The summed E-state index contributed by atoms with van der Waals surface area (Å²) in [7, 11) is 0. The minimum atomic E-state index is 0.0376. The van der Waals surface area contributed by atoms with Gasteiger partial charge in [-0.15, -0.1) is 0 Å². The molecule has 5 heteroatoms. The van der Waals surface area contributed by atoms with E-state index in [9.17, 15) is 4.79 Å². The number of carbonyl (C=O) groups excluding carboxylic acids is 1. The molecule has 1 aromatic rings. The Morgan fingerprint density at radius 1 is 1.43 bits per heavy atom. The molecule has 3 heterocycles. The van der Waals surface area contributed by atoms with Gasteiger partial charge in [0.15, 0.2) is 0 Å². The van der Waals surface area contributed by atoms with Crippen LogP contribution in [0.2, 0.25) is 0 Å². The van der Waals surface area contributed by atoms with Crippen LogP contribution in [0.3, 0.4) is 0 Å². The van der Waals surface area contributed by atoms with Crippen LogP contribution in [0.5, 0.6) is 0 Å². The number of piperidine rings is 1. The number of amides is 1. The van der Waals surface area contributed by atoms with E-state index in [-0.39, 0.29) is 11.9 Å². The van der Waals surface area contributed by atoms with Crippen molar-refractivity contribution in [3.63, 3.8) is 0 Å². The molecule has 5 nitrogen and oxygen atoms in total. The molecule has 1 aromatic heterocycles. The van der Waals surface area contributed by atoms with E-state index >= 15 is 0 Å². The van der Waals surface area contributed by atoms with E-state index in [1.807, 2.05) is 12.3 Å². The number of hydrogen-bond acceptors (Lipinski definition) is 4. The molecule has 2 aliphatic heterocycles. The Hall–Kier alpha value is -1.33. The van der Waals surface area contributed by atoms with Crippen LogP contribution >= 0.6 is 0 Å². The van der Waals surface area contributed by atoms with E-state index in [1.165, 1.54) is 18.4 Å². The van der Waals surface area contributed by atoms with Gasteiger partial charge in [-0.25, -0.2) is 0 Å². The van der Waals surface area contributed by atoms with Gasteiger partial charge in [-0.1, -0.05) is 0 Å². The van der Waals surface area contributed by atoms with Gasteiger partial charge < -0.3 is 15.1 Å². The minimum absolute atomic E-state index is 0.0376. The molecule has 21 heavy (non-hydrogen) atoms. The Labute approximate surface area is 126 Å². The molecule has 2 unspecified atom stereocenters. The topological polar surface area (TPSA) is 57.5 Å². The molecule has 0 aliphatic carbocycles. The van der Waals surface area contributed by atoms with Gasteiger partial charge in [0, 0.05) is 25.2 Å². The molecule has 116 valence electrons. The zero-order valence-electron chi connectivity index (χ0n) is 12.5. The summed E-state index contributed by atoms with van der Waals surface area (Å²) in [6.45, 7) is 4.92.